The lowest BCUT2D eigenvalue weighted by atomic mass is 10.1. The van der Waals surface area contributed by atoms with E-state index in [1.54, 1.807) is 11.8 Å². The molecule has 0 saturated carbocycles. The number of hydrogen-bond acceptors (Lipinski definition) is 4. The highest BCUT2D eigenvalue weighted by atomic mass is 16.2. The number of carbonyl (C=O) groups is 2. The Bertz CT molecular complexity index is 874. The Balaban J connectivity index is 1.66. The molecule has 1 aliphatic rings. The van der Waals surface area contributed by atoms with Crippen LogP contribution >= 0.6 is 0 Å². The average Bonchev–Trinajstić information content (AvgIpc) is 2.82. The van der Waals surface area contributed by atoms with Crippen LogP contribution in [-0.4, -0.2) is 66.4 Å². The molecular weight excluding hydrogens is 400 g/mol. The molecule has 0 aromatic heterocycles. The zero-order chi connectivity index (χ0) is 23.1. The highest BCUT2D eigenvalue weighted by Crippen LogP contribution is 2.20. The van der Waals surface area contributed by atoms with E-state index in [-0.39, 0.29) is 11.8 Å². The lowest BCUT2D eigenvalue weighted by molar-refractivity contribution is -0.120. The molecule has 1 fully saturated rings. The van der Waals surface area contributed by atoms with Crippen molar-refractivity contribution in [1.29, 1.82) is 0 Å². The summed E-state index contributed by atoms with van der Waals surface area (Å²) in [6.07, 6.45) is 0.785. The molecule has 0 bridgehead atoms. The van der Waals surface area contributed by atoms with Crippen molar-refractivity contribution in [3.8, 4) is 0 Å². The first-order valence-corrected chi connectivity index (χ1v) is 11.7. The third kappa shape index (κ3) is 5.88. The number of benzene rings is 2. The van der Waals surface area contributed by atoms with E-state index in [0.29, 0.717) is 18.2 Å². The summed E-state index contributed by atoms with van der Waals surface area (Å²) in [5.74, 6) is -0.295. The average molecular weight is 437 g/mol. The van der Waals surface area contributed by atoms with Gasteiger partial charge in [0.05, 0.1) is 0 Å². The summed E-state index contributed by atoms with van der Waals surface area (Å²) in [7, 11) is 0. The molecular formula is C26H36N4O2. The van der Waals surface area contributed by atoms with Crippen molar-refractivity contribution in [2.75, 3.05) is 42.9 Å². The molecule has 2 aromatic rings. The molecule has 1 heterocycles. The number of piperazine rings is 1. The Morgan fingerprint density at radius 2 is 1.56 bits per heavy atom. The van der Waals surface area contributed by atoms with Gasteiger partial charge >= 0.3 is 0 Å². The first-order valence-electron chi connectivity index (χ1n) is 11.7. The van der Waals surface area contributed by atoms with Gasteiger partial charge in [-0.15, -0.1) is 0 Å². The molecule has 1 saturated heterocycles. The first kappa shape index (κ1) is 23.8. The number of hydrogen-bond donors (Lipinski definition) is 1. The fourth-order valence-corrected chi connectivity index (χ4v) is 4.10. The molecule has 1 atom stereocenters. The smallest absolute Gasteiger partial charge is 0.254 e. The van der Waals surface area contributed by atoms with E-state index in [2.05, 4.69) is 29.0 Å². The summed E-state index contributed by atoms with van der Waals surface area (Å²) < 4.78 is 0. The topological polar surface area (TPSA) is 55.9 Å². The van der Waals surface area contributed by atoms with Crippen LogP contribution in [0.5, 0.6) is 0 Å². The summed E-state index contributed by atoms with van der Waals surface area (Å²) in [5, 5.41) is 2.91. The Hall–Kier alpha value is -2.86. The van der Waals surface area contributed by atoms with Crippen LogP contribution in [0.4, 0.5) is 11.4 Å². The molecule has 6 heteroatoms. The fourth-order valence-electron chi connectivity index (χ4n) is 4.10. The summed E-state index contributed by atoms with van der Waals surface area (Å²) in [5.41, 5.74) is 2.49. The van der Waals surface area contributed by atoms with Crippen LogP contribution in [0.1, 0.15) is 44.5 Å². The molecule has 6 nitrogen and oxygen atoms in total. The molecule has 1 aliphatic heterocycles. The quantitative estimate of drug-likeness (QED) is 0.677. The Morgan fingerprint density at radius 3 is 2.12 bits per heavy atom. The third-order valence-corrected chi connectivity index (χ3v) is 6.14. The lowest BCUT2D eigenvalue weighted by Crippen LogP contribution is -2.48. The van der Waals surface area contributed by atoms with Gasteiger partial charge in [0.15, 0.2) is 0 Å². The largest absolute Gasteiger partial charge is 0.369 e. The first-order chi connectivity index (χ1) is 15.4. The highest BCUT2D eigenvalue weighted by molar-refractivity contribution is 6.01. The van der Waals surface area contributed by atoms with Crippen molar-refractivity contribution < 1.29 is 9.59 Å². The van der Waals surface area contributed by atoms with Gasteiger partial charge in [-0.2, -0.15) is 0 Å². The van der Waals surface area contributed by atoms with Crippen LogP contribution in [-0.2, 0) is 4.79 Å². The zero-order valence-electron chi connectivity index (χ0n) is 19.8. The summed E-state index contributed by atoms with van der Waals surface area (Å²) >= 11 is 0. The van der Waals surface area contributed by atoms with Crippen molar-refractivity contribution >= 4 is 23.2 Å². The van der Waals surface area contributed by atoms with E-state index in [1.165, 1.54) is 0 Å². The molecule has 1 N–H and O–H groups in total. The second-order valence-corrected chi connectivity index (χ2v) is 8.69. The van der Waals surface area contributed by atoms with Crippen LogP contribution in [0.2, 0.25) is 0 Å². The van der Waals surface area contributed by atoms with Crippen molar-refractivity contribution in [2.24, 2.45) is 0 Å². The number of nitrogens with zero attached hydrogens (tertiary/aromatic N) is 3. The minimum Gasteiger partial charge on any atom is -0.369 e. The number of amides is 2. The second kappa shape index (κ2) is 11.1. The van der Waals surface area contributed by atoms with Crippen LogP contribution < -0.4 is 10.2 Å². The van der Waals surface area contributed by atoms with Crippen LogP contribution in [0, 0.1) is 0 Å². The van der Waals surface area contributed by atoms with Crippen molar-refractivity contribution in [3.05, 3.63) is 60.2 Å². The van der Waals surface area contributed by atoms with Gasteiger partial charge in [0.25, 0.3) is 5.91 Å². The second-order valence-electron chi connectivity index (χ2n) is 8.69. The highest BCUT2D eigenvalue weighted by Gasteiger charge is 2.26. The van der Waals surface area contributed by atoms with Gasteiger partial charge < -0.3 is 15.1 Å². The van der Waals surface area contributed by atoms with E-state index in [4.69, 9.17) is 0 Å². The van der Waals surface area contributed by atoms with Gasteiger partial charge in [0.2, 0.25) is 5.91 Å². The molecule has 32 heavy (non-hydrogen) atoms. The monoisotopic (exact) mass is 436 g/mol. The van der Waals surface area contributed by atoms with E-state index in [9.17, 15) is 9.59 Å². The maximum atomic E-state index is 13.3. The predicted molar refractivity (Wildman–Crippen MR) is 131 cm³/mol. The van der Waals surface area contributed by atoms with Gasteiger partial charge in [0, 0.05) is 55.7 Å². The van der Waals surface area contributed by atoms with Crippen LogP contribution in [0.25, 0.3) is 0 Å². The van der Waals surface area contributed by atoms with Gasteiger partial charge in [-0.05, 0) is 63.6 Å². The fraction of sp³-hybridized carbons (Fsp3) is 0.462. The lowest BCUT2D eigenvalue weighted by Gasteiger charge is -2.38. The number of para-hydroxylation sites is 1. The molecule has 1 unspecified atom stereocenters. The molecule has 2 amide bonds. The van der Waals surface area contributed by atoms with E-state index in [1.807, 2.05) is 61.5 Å². The van der Waals surface area contributed by atoms with Crippen LogP contribution in [0.15, 0.2) is 54.6 Å². The maximum Gasteiger partial charge on any atom is 0.254 e. The minimum atomic E-state index is -0.563. The van der Waals surface area contributed by atoms with Crippen molar-refractivity contribution in [3.63, 3.8) is 0 Å². The third-order valence-electron chi connectivity index (χ3n) is 6.14. The Labute approximate surface area is 192 Å². The minimum absolute atomic E-state index is 0.112. The molecule has 2 aromatic carbocycles. The predicted octanol–water partition coefficient (Wildman–Crippen LogP) is 4.10. The molecule has 172 valence electrons. The number of rotatable bonds is 8. The van der Waals surface area contributed by atoms with Gasteiger partial charge in [0.1, 0.15) is 6.04 Å². The molecule has 0 spiro atoms. The van der Waals surface area contributed by atoms with Crippen LogP contribution in [0.3, 0.4) is 0 Å². The van der Waals surface area contributed by atoms with E-state index >= 15 is 0 Å². The number of carbonyl (C=O) groups excluding carboxylic acids is 2. The molecule has 3 rings (SSSR count). The van der Waals surface area contributed by atoms with Gasteiger partial charge in [-0.1, -0.05) is 25.1 Å². The number of anilines is 2. The van der Waals surface area contributed by atoms with Gasteiger partial charge in [-0.3, -0.25) is 14.5 Å². The maximum absolute atomic E-state index is 13.3. The normalized spacial score (nSPS) is 15.5. The zero-order valence-corrected chi connectivity index (χ0v) is 19.8. The molecule has 0 radical (unpaired) electrons. The Kier molecular flexibility index (Phi) is 8.28. The van der Waals surface area contributed by atoms with E-state index < -0.39 is 6.04 Å². The molecule has 0 aliphatic carbocycles. The van der Waals surface area contributed by atoms with E-state index in [0.717, 1.165) is 44.0 Å². The number of nitrogens with one attached hydrogen (secondary N) is 1. The summed E-state index contributed by atoms with van der Waals surface area (Å²) in [6, 6.07) is 17.2. The standard InChI is InChI=1S/C26H36N4O2/c1-5-15-30(21(4)25(31)27-23-9-7-6-8-10-23)26(32)22-11-13-24(14-12-22)29-18-16-28(17-19-29)20(2)3/h6-14,20-21H,5,15-19H2,1-4H3,(H,27,31). The SMILES string of the molecule is CCCN(C(=O)c1ccc(N2CCN(C(C)C)CC2)cc1)C(C)C(=O)Nc1ccccc1. The Morgan fingerprint density at radius 1 is 0.938 bits per heavy atom. The summed E-state index contributed by atoms with van der Waals surface area (Å²) in [4.78, 5) is 32.6. The van der Waals surface area contributed by atoms with Crippen molar-refractivity contribution in [2.45, 2.75) is 46.2 Å². The van der Waals surface area contributed by atoms with Crippen molar-refractivity contribution in [1.82, 2.24) is 9.80 Å². The summed E-state index contributed by atoms with van der Waals surface area (Å²) in [6.45, 7) is 12.9. The van der Waals surface area contributed by atoms with Gasteiger partial charge in [-0.25, -0.2) is 0 Å².